The molecular weight excluding hydrogens is 628 g/mol. The number of halogens is 4. The van der Waals surface area contributed by atoms with E-state index in [1.807, 2.05) is 0 Å². The van der Waals surface area contributed by atoms with Crippen LogP contribution < -0.4 is 21.3 Å². The lowest BCUT2D eigenvalue weighted by Crippen LogP contribution is -2.37. The van der Waals surface area contributed by atoms with E-state index >= 15 is 0 Å². The van der Waals surface area contributed by atoms with Crippen LogP contribution in [-0.4, -0.2) is 61.1 Å². The van der Waals surface area contributed by atoms with Crippen molar-refractivity contribution in [1.82, 2.24) is 31.2 Å². The molecule has 2 rings (SSSR count). The quantitative estimate of drug-likeness (QED) is 0.211. The molecule has 0 radical (unpaired) electrons. The van der Waals surface area contributed by atoms with Gasteiger partial charge in [-0.1, -0.05) is 0 Å². The monoisotopic (exact) mass is 644 g/mol. The van der Waals surface area contributed by atoms with Crippen molar-refractivity contribution in [1.29, 1.82) is 0 Å². The molecule has 0 fully saturated rings. The third kappa shape index (κ3) is 7.64. The lowest BCUT2D eigenvalue weighted by atomic mass is 10.4. The summed E-state index contributed by atoms with van der Waals surface area (Å²) in [6.45, 7) is 3.93. The first-order valence-corrected chi connectivity index (χ1v) is 11.6. The van der Waals surface area contributed by atoms with Gasteiger partial charge in [0.25, 0.3) is 11.8 Å². The average Bonchev–Trinajstić information content (AvgIpc) is 3.18. The second-order valence-electron chi connectivity index (χ2n) is 5.70. The van der Waals surface area contributed by atoms with Crippen LogP contribution in [-0.2, 0) is 0 Å². The number of hydrogen-bond acceptors (Lipinski definition) is 4. The molecule has 8 nitrogen and oxygen atoms in total. The van der Waals surface area contributed by atoms with Gasteiger partial charge in [0.05, 0.1) is 18.2 Å². The molecule has 0 saturated heterocycles. The Hall–Kier alpha value is -0.660. The summed E-state index contributed by atoms with van der Waals surface area (Å²) in [5, 5.41) is 12.1. The highest BCUT2D eigenvalue weighted by Gasteiger charge is 2.11. The van der Waals surface area contributed by atoms with Crippen molar-refractivity contribution in [2.75, 3.05) is 39.3 Å². The van der Waals surface area contributed by atoms with Crippen LogP contribution in [0.4, 0.5) is 0 Å². The molecule has 0 aliphatic carbocycles. The Bertz CT molecular complexity index is 702. The molecule has 2 heterocycles. The van der Waals surface area contributed by atoms with Gasteiger partial charge in [0.2, 0.25) is 0 Å². The summed E-state index contributed by atoms with van der Waals surface area (Å²) >= 11 is 13.3. The van der Waals surface area contributed by atoms with E-state index in [-0.39, 0.29) is 11.8 Å². The third-order valence-corrected chi connectivity index (χ3v) is 7.16. The maximum Gasteiger partial charge on any atom is 0.267 e. The molecule has 0 bridgehead atoms. The Morgan fingerprint density at radius 3 is 1.36 bits per heavy atom. The van der Waals surface area contributed by atoms with Gasteiger partial charge >= 0.3 is 0 Å². The number of aromatic nitrogens is 2. The van der Waals surface area contributed by atoms with Crippen LogP contribution in [0.1, 0.15) is 21.0 Å². The van der Waals surface area contributed by atoms with Gasteiger partial charge in [0.15, 0.2) is 0 Å². The Labute approximate surface area is 196 Å². The van der Waals surface area contributed by atoms with E-state index in [4.69, 9.17) is 0 Å². The molecule has 154 valence electrons. The van der Waals surface area contributed by atoms with Crippen molar-refractivity contribution < 1.29 is 9.59 Å². The molecule has 0 spiro atoms. The van der Waals surface area contributed by atoms with Crippen molar-refractivity contribution in [3.05, 3.63) is 41.7 Å². The number of nitrogens with one attached hydrogen (secondary N) is 6. The smallest absolute Gasteiger partial charge is 0.267 e. The fourth-order valence-electron chi connectivity index (χ4n) is 2.20. The Kier molecular flexibility index (Phi) is 10.2. The number of H-pyrrole nitrogens is 2. The molecule has 28 heavy (non-hydrogen) atoms. The summed E-state index contributed by atoms with van der Waals surface area (Å²) in [5.74, 6) is -0.300. The summed E-state index contributed by atoms with van der Waals surface area (Å²) in [6, 6.07) is 3.45. The number of carbonyl (C=O) groups is 2. The van der Waals surface area contributed by atoms with Crippen molar-refractivity contribution in [3.8, 4) is 0 Å². The van der Waals surface area contributed by atoms with E-state index in [0.29, 0.717) is 37.6 Å². The maximum atomic E-state index is 11.9. The first-order chi connectivity index (χ1) is 13.4. The number of aromatic amines is 2. The van der Waals surface area contributed by atoms with Gasteiger partial charge in [-0.15, -0.1) is 0 Å². The molecule has 0 atom stereocenters. The molecular formula is C16H20Br4N6O2. The van der Waals surface area contributed by atoms with Crippen LogP contribution in [0.5, 0.6) is 0 Å². The minimum atomic E-state index is -0.150. The first kappa shape index (κ1) is 23.6. The van der Waals surface area contributed by atoms with E-state index in [1.54, 1.807) is 12.1 Å². The summed E-state index contributed by atoms with van der Waals surface area (Å²) in [4.78, 5) is 29.7. The number of rotatable bonds is 11. The molecule has 0 aromatic carbocycles. The van der Waals surface area contributed by atoms with Gasteiger partial charge in [-0.3, -0.25) is 9.59 Å². The fourth-order valence-corrected chi connectivity index (χ4v) is 3.51. The predicted molar refractivity (Wildman–Crippen MR) is 123 cm³/mol. The summed E-state index contributed by atoms with van der Waals surface area (Å²) in [7, 11) is 0. The standard InChI is InChI=1S/C16H20Br4N6O2/c17-9-7-11(25-13(9)19)15(27)23-5-3-21-1-2-22-4-6-24-16(28)12-8-10(18)14(20)26-12/h7-8,21-22,25-26H,1-6H2,(H,23,27)(H,24,28). The highest BCUT2D eigenvalue weighted by atomic mass is 79.9. The highest BCUT2D eigenvalue weighted by molar-refractivity contribution is 9.13. The highest BCUT2D eigenvalue weighted by Crippen LogP contribution is 2.23. The van der Waals surface area contributed by atoms with Crippen molar-refractivity contribution in [3.63, 3.8) is 0 Å². The van der Waals surface area contributed by atoms with Gasteiger partial charge in [-0.05, 0) is 75.9 Å². The molecule has 0 aliphatic rings. The van der Waals surface area contributed by atoms with E-state index in [1.165, 1.54) is 0 Å². The van der Waals surface area contributed by atoms with Crippen LogP contribution >= 0.6 is 63.7 Å². The summed E-state index contributed by atoms with van der Waals surface area (Å²) < 4.78 is 3.11. The second-order valence-corrected chi connectivity index (χ2v) is 9.00. The third-order valence-electron chi connectivity index (χ3n) is 3.59. The van der Waals surface area contributed by atoms with Crippen LogP contribution in [0.3, 0.4) is 0 Å². The SMILES string of the molecule is O=C(NCCNCCNCCNC(=O)c1cc(Br)c(Br)[nH]1)c1cc(Br)c(Br)[nH]1. The van der Waals surface area contributed by atoms with Crippen LogP contribution in [0.2, 0.25) is 0 Å². The normalized spacial score (nSPS) is 10.9. The number of carbonyl (C=O) groups excluding carboxylic acids is 2. The zero-order valence-electron chi connectivity index (χ0n) is 14.7. The van der Waals surface area contributed by atoms with Crippen LogP contribution in [0.15, 0.2) is 30.3 Å². The van der Waals surface area contributed by atoms with Crippen LogP contribution in [0, 0.1) is 0 Å². The molecule has 2 amide bonds. The van der Waals surface area contributed by atoms with Crippen molar-refractivity contribution >= 4 is 75.5 Å². The molecule has 0 saturated carbocycles. The van der Waals surface area contributed by atoms with E-state index in [0.717, 1.165) is 31.2 Å². The molecule has 12 heteroatoms. The summed E-state index contributed by atoms with van der Waals surface area (Å²) in [5.41, 5.74) is 1.00. The zero-order valence-corrected chi connectivity index (χ0v) is 21.1. The van der Waals surface area contributed by atoms with Gasteiger partial charge in [0.1, 0.15) is 11.4 Å². The zero-order chi connectivity index (χ0) is 20.5. The lowest BCUT2D eigenvalue weighted by Gasteiger charge is -2.08. The van der Waals surface area contributed by atoms with E-state index in [9.17, 15) is 9.59 Å². The average molecular weight is 648 g/mol. The fraction of sp³-hybridized carbons (Fsp3) is 0.375. The van der Waals surface area contributed by atoms with Gasteiger partial charge in [-0.2, -0.15) is 0 Å². The van der Waals surface area contributed by atoms with Crippen molar-refractivity contribution in [2.24, 2.45) is 0 Å². The Morgan fingerprint density at radius 1 is 0.679 bits per heavy atom. The lowest BCUT2D eigenvalue weighted by molar-refractivity contribution is 0.0941. The van der Waals surface area contributed by atoms with Gasteiger partial charge < -0.3 is 31.2 Å². The second kappa shape index (κ2) is 12.1. The molecule has 2 aromatic rings. The van der Waals surface area contributed by atoms with Crippen LogP contribution in [0.25, 0.3) is 0 Å². The summed E-state index contributed by atoms with van der Waals surface area (Å²) in [6.07, 6.45) is 0. The molecule has 6 N–H and O–H groups in total. The number of hydrogen-bond donors (Lipinski definition) is 6. The number of amides is 2. The molecule has 0 aliphatic heterocycles. The minimum absolute atomic E-state index is 0.150. The predicted octanol–water partition coefficient (Wildman–Crippen LogP) is 2.73. The molecule has 0 unspecified atom stereocenters. The topological polar surface area (TPSA) is 114 Å². The van der Waals surface area contributed by atoms with E-state index in [2.05, 4.69) is 95.0 Å². The Morgan fingerprint density at radius 2 is 1.04 bits per heavy atom. The van der Waals surface area contributed by atoms with Gasteiger partial charge in [-0.25, -0.2) is 0 Å². The molecule has 2 aromatic heterocycles. The largest absolute Gasteiger partial charge is 0.349 e. The van der Waals surface area contributed by atoms with E-state index < -0.39 is 0 Å². The minimum Gasteiger partial charge on any atom is -0.349 e. The first-order valence-electron chi connectivity index (χ1n) is 8.44. The van der Waals surface area contributed by atoms with Gasteiger partial charge in [0, 0.05) is 39.3 Å². The Balaban J connectivity index is 1.45. The van der Waals surface area contributed by atoms with Crippen molar-refractivity contribution in [2.45, 2.75) is 0 Å². The maximum absolute atomic E-state index is 11.9.